The van der Waals surface area contributed by atoms with Gasteiger partial charge in [-0.25, -0.2) is 0 Å². The lowest BCUT2D eigenvalue weighted by molar-refractivity contribution is 0.550. The van der Waals surface area contributed by atoms with Crippen molar-refractivity contribution in [3.05, 3.63) is 11.0 Å². The summed E-state index contributed by atoms with van der Waals surface area (Å²) in [6.45, 7) is 0. The molecular weight excluding hydrogens is 200 g/mol. The third-order valence-corrected chi connectivity index (χ3v) is 3.67. The third kappa shape index (κ3) is 7.96. The van der Waals surface area contributed by atoms with Crippen LogP contribution in [0.3, 0.4) is 0 Å². The van der Waals surface area contributed by atoms with Crippen molar-refractivity contribution in [2.24, 2.45) is 0 Å². The van der Waals surface area contributed by atoms with Gasteiger partial charge in [-0.1, -0.05) is 57.4 Å². The van der Waals surface area contributed by atoms with E-state index in [0.29, 0.717) is 0 Å². The largest absolute Gasteiger partial charge is 0.148 e. The second kappa shape index (κ2) is 9.33. The van der Waals surface area contributed by atoms with Crippen molar-refractivity contribution in [1.82, 2.24) is 0 Å². The molecule has 0 atom stereocenters. The molecule has 0 nitrogen and oxygen atoms in total. The number of thiol groups is 1. The Hall–Kier alpha value is 0.0900. The van der Waals surface area contributed by atoms with Gasteiger partial charge in [0.25, 0.3) is 0 Å². The first-order valence-corrected chi connectivity index (χ1v) is 7.22. The summed E-state index contributed by atoms with van der Waals surface area (Å²) in [5.41, 5.74) is 0. The molecule has 0 amide bonds. The highest BCUT2D eigenvalue weighted by Gasteiger charge is 1.96. The molecule has 1 aliphatic rings. The van der Waals surface area contributed by atoms with Crippen LogP contribution in [0.25, 0.3) is 0 Å². The van der Waals surface area contributed by atoms with Crippen molar-refractivity contribution in [1.29, 1.82) is 0 Å². The second-order valence-electron chi connectivity index (χ2n) is 4.77. The van der Waals surface area contributed by atoms with E-state index >= 15 is 0 Å². The summed E-state index contributed by atoms with van der Waals surface area (Å²) in [5, 5.41) is 0. The monoisotopic (exact) mass is 226 g/mol. The van der Waals surface area contributed by atoms with Crippen LogP contribution in [0.5, 0.6) is 0 Å². The van der Waals surface area contributed by atoms with E-state index in [4.69, 9.17) is 0 Å². The minimum Gasteiger partial charge on any atom is -0.148 e. The summed E-state index contributed by atoms with van der Waals surface area (Å²) >= 11 is 4.53. The molecule has 0 fully saturated rings. The second-order valence-corrected chi connectivity index (χ2v) is 5.34. The van der Waals surface area contributed by atoms with Crippen LogP contribution in [0, 0.1) is 0 Å². The van der Waals surface area contributed by atoms with E-state index in [1.54, 1.807) is 0 Å². The fraction of sp³-hybridized carbons (Fsp3) is 0.857. The van der Waals surface area contributed by atoms with E-state index < -0.39 is 0 Å². The molecule has 0 aromatic carbocycles. The predicted molar refractivity (Wildman–Crippen MR) is 72.5 cm³/mol. The Kier molecular flexibility index (Phi) is 8.18. The molecule has 0 aromatic rings. The predicted octanol–water partition coefficient (Wildman–Crippen LogP) is 5.49. The van der Waals surface area contributed by atoms with E-state index in [2.05, 4.69) is 18.7 Å². The zero-order valence-corrected chi connectivity index (χ0v) is 10.9. The Balaban J connectivity index is 2.20. The van der Waals surface area contributed by atoms with Gasteiger partial charge in [-0.3, -0.25) is 0 Å². The summed E-state index contributed by atoms with van der Waals surface area (Å²) in [6.07, 6.45) is 19.0. The minimum atomic E-state index is 1.21. The Morgan fingerprint density at radius 3 is 1.73 bits per heavy atom. The molecule has 0 N–H and O–H groups in total. The van der Waals surface area contributed by atoms with Gasteiger partial charge in [-0.2, -0.15) is 0 Å². The maximum atomic E-state index is 4.53. The topological polar surface area (TPSA) is 0 Å². The van der Waals surface area contributed by atoms with Crippen LogP contribution in [0.1, 0.15) is 77.0 Å². The van der Waals surface area contributed by atoms with Crippen molar-refractivity contribution in [3.63, 3.8) is 0 Å². The van der Waals surface area contributed by atoms with Gasteiger partial charge in [0.2, 0.25) is 0 Å². The van der Waals surface area contributed by atoms with Gasteiger partial charge in [-0.05, 0) is 30.6 Å². The number of hydrogen-bond donors (Lipinski definition) is 1. The van der Waals surface area contributed by atoms with Gasteiger partial charge < -0.3 is 0 Å². The highest BCUT2D eigenvalue weighted by atomic mass is 32.1. The minimum absolute atomic E-state index is 1.21. The van der Waals surface area contributed by atoms with Gasteiger partial charge in [0.1, 0.15) is 0 Å². The molecule has 1 rings (SSSR count). The van der Waals surface area contributed by atoms with Gasteiger partial charge in [0.15, 0.2) is 0 Å². The lowest BCUT2D eigenvalue weighted by Gasteiger charge is -2.05. The summed E-state index contributed by atoms with van der Waals surface area (Å²) in [6, 6.07) is 0. The average molecular weight is 226 g/mol. The lowest BCUT2D eigenvalue weighted by atomic mass is 10.0. The van der Waals surface area contributed by atoms with Crippen LogP contribution in [-0.4, -0.2) is 0 Å². The van der Waals surface area contributed by atoms with Gasteiger partial charge in [0.05, 0.1) is 0 Å². The molecule has 0 aliphatic heterocycles. The number of allylic oxidation sites excluding steroid dienone is 2. The standard InChI is InChI=1S/C14H26S/c15-14-12-10-8-6-4-2-1-3-5-7-9-11-13-14/h12,15H,1-11,13H2. The third-order valence-electron chi connectivity index (χ3n) is 3.27. The van der Waals surface area contributed by atoms with Gasteiger partial charge >= 0.3 is 0 Å². The molecular formula is C14H26S. The molecule has 0 aromatic heterocycles. The Bertz CT molecular complexity index is 172. The molecule has 0 spiro atoms. The molecule has 15 heavy (non-hydrogen) atoms. The van der Waals surface area contributed by atoms with Crippen molar-refractivity contribution < 1.29 is 0 Å². The molecule has 0 heterocycles. The van der Waals surface area contributed by atoms with E-state index in [0.717, 1.165) is 0 Å². The molecule has 0 bridgehead atoms. The SMILES string of the molecule is SC1=CCCCCCCCCCCCC1. The first kappa shape index (κ1) is 13.2. The maximum absolute atomic E-state index is 4.53. The molecule has 0 saturated carbocycles. The zero-order chi connectivity index (χ0) is 10.8. The fourth-order valence-corrected chi connectivity index (χ4v) is 2.52. The highest BCUT2D eigenvalue weighted by molar-refractivity contribution is 7.84. The van der Waals surface area contributed by atoms with Gasteiger partial charge in [0, 0.05) is 0 Å². The maximum Gasteiger partial charge on any atom is -0.0224 e. The van der Waals surface area contributed by atoms with Crippen molar-refractivity contribution in [2.45, 2.75) is 77.0 Å². The molecule has 0 saturated heterocycles. The van der Waals surface area contributed by atoms with Crippen LogP contribution in [0.15, 0.2) is 11.0 Å². The van der Waals surface area contributed by atoms with E-state index in [1.807, 2.05) is 0 Å². The van der Waals surface area contributed by atoms with Crippen molar-refractivity contribution in [3.8, 4) is 0 Å². The molecule has 0 unspecified atom stereocenters. The van der Waals surface area contributed by atoms with Crippen LogP contribution in [0.2, 0.25) is 0 Å². The average Bonchev–Trinajstić information content (AvgIpc) is 2.24. The van der Waals surface area contributed by atoms with E-state index in [9.17, 15) is 0 Å². The first-order valence-electron chi connectivity index (χ1n) is 6.77. The Morgan fingerprint density at radius 1 is 0.667 bits per heavy atom. The zero-order valence-electron chi connectivity index (χ0n) is 10.0. The summed E-state index contributed by atoms with van der Waals surface area (Å²) in [7, 11) is 0. The van der Waals surface area contributed by atoms with Crippen molar-refractivity contribution in [2.75, 3.05) is 0 Å². The normalized spacial score (nSPS) is 22.9. The number of hydrogen-bond acceptors (Lipinski definition) is 1. The fourth-order valence-electron chi connectivity index (χ4n) is 2.24. The summed E-state index contributed by atoms with van der Waals surface area (Å²) < 4.78 is 0. The van der Waals surface area contributed by atoms with Crippen LogP contribution >= 0.6 is 12.6 Å². The quantitative estimate of drug-likeness (QED) is 0.518. The van der Waals surface area contributed by atoms with Gasteiger partial charge in [-0.15, -0.1) is 12.6 Å². The van der Waals surface area contributed by atoms with Crippen LogP contribution < -0.4 is 0 Å². The van der Waals surface area contributed by atoms with E-state index in [-0.39, 0.29) is 0 Å². The molecule has 1 aliphatic carbocycles. The summed E-state index contributed by atoms with van der Waals surface area (Å²) in [5.74, 6) is 0. The number of rotatable bonds is 0. The Morgan fingerprint density at radius 2 is 1.13 bits per heavy atom. The van der Waals surface area contributed by atoms with Crippen LogP contribution in [0.4, 0.5) is 0 Å². The first-order chi connectivity index (χ1) is 7.39. The molecule has 1 heteroatoms. The molecule has 0 radical (unpaired) electrons. The Labute approximate surface area is 101 Å². The smallest absolute Gasteiger partial charge is 0.0224 e. The van der Waals surface area contributed by atoms with E-state index in [1.165, 1.54) is 82.0 Å². The summed E-state index contributed by atoms with van der Waals surface area (Å²) in [4.78, 5) is 1.33. The molecule has 88 valence electrons. The van der Waals surface area contributed by atoms with Crippen LogP contribution in [-0.2, 0) is 0 Å². The lowest BCUT2D eigenvalue weighted by Crippen LogP contribution is -1.85. The highest BCUT2D eigenvalue weighted by Crippen LogP contribution is 2.18. The van der Waals surface area contributed by atoms with Crippen molar-refractivity contribution >= 4 is 12.6 Å².